The van der Waals surface area contributed by atoms with E-state index < -0.39 is 0 Å². The molecule has 4 nitrogen and oxygen atoms in total. The van der Waals surface area contributed by atoms with Crippen LogP contribution in [0, 0.1) is 0 Å². The van der Waals surface area contributed by atoms with Gasteiger partial charge in [-0.25, -0.2) is 4.68 Å². The second kappa shape index (κ2) is 8.53. The number of rotatable bonds is 6. The molecule has 124 valence electrons. The molecule has 0 saturated carbocycles. The summed E-state index contributed by atoms with van der Waals surface area (Å²) < 4.78 is 8.01. The molecule has 0 amide bonds. The maximum Gasteiger partial charge on any atom is 0.206 e. The summed E-state index contributed by atoms with van der Waals surface area (Å²) in [5.41, 5.74) is 3.18. The Morgan fingerprint density at radius 1 is 1.25 bits per heavy atom. The number of nitrogens with zero attached hydrogens (tertiary/aromatic N) is 3. The lowest BCUT2D eigenvalue weighted by atomic mass is 10.2. The van der Waals surface area contributed by atoms with Crippen LogP contribution in [0.15, 0.2) is 61.0 Å². The van der Waals surface area contributed by atoms with Gasteiger partial charge in [0.15, 0.2) is 0 Å². The van der Waals surface area contributed by atoms with Gasteiger partial charge in [0.25, 0.3) is 0 Å². The second-order valence-corrected chi connectivity index (χ2v) is 7.34. The third-order valence-corrected chi connectivity index (χ3v) is 5.49. The van der Waals surface area contributed by atoms with Crippen LogP contribution in [0.1, 0.15) is 5.56 Å². The van der Waals surface area contributed by atoms with Crippen LogP contribution in [-0.4, -0.2) is 31.2 Å². The Kier molecular flexibility index (Phi) is 6.14. The molecule has 0 aliphatic carbocycles. The number of benzene rings is 1. The Morgan fingerprint density at radius 3 is 2.88 bits per heavy atom. The van der Waals surface area contributed by atoms with Gasteiger partial charge in [-0.3, -0.25) is 4.99 Å². The van der Waals surface area contributed by atoms with Gasteiger partial charge in [-0.05, 0) is 22.9 Å². The fourth-order valence-corrected chi connectivity index (χ4v) is 4.03. The molecule has 0 saturated heterocycles. The van der Waals surface area contributed by atoms with E-state index in [-0.39, 0.29) is 0 Å². The molecule has 0 atom stereocenters. The van der Waals surface area contributed by atoms with Gasteiger partial charge in [0.05, 0.1) is 25.1 Å². The summed E-state index contributed by atoms with van der Waals surface area (Å²) in [5.74, 6) is 0. The molecular weight excluding hydrogens is 406 g/mol. The Morgan fingerprint density at radius 2 is 2.12 bits per heavy atom. The topological polar surface area (TPSA) is 38.9 Å². The molecule has 2 heterocycles. The maximum atomic E-state index is 5.09. The molecule has 0 unspecified atom stereocenters. The predicted octanol–water partition coefficient (Wildman–Crippen LogP) is 4.47. The van der Waals surface area contributed by atoms with Crippen molar-refractivity contribution in [2.45, 2.75) is 0 Å². The highest BCUT2D eigenvalue weighted by Gasteiger charge is 2.10. The molecule has 7 heteroatoms. The fourth-order valence-electron chi connectivity index (χ4n) is 2.08. The Balaban J connectivity index is 2.06. The lowest BCUT2D eigenvalue weighted by Crippen LogP contribution is -2.13. The van der Waals surface area contributed by atoms with Crippen molar-refractivity contribution in [1.29, 1.82) is 0 Å². The molecule has 1 aromatic carbocycles. The van der Waals surface area contributed by atoms with Crippen LogP contribution in [0.2, 0.25) is 0 Å². The Labute approximate surface area is 156 Å². The van der Waals surface area contributed by atoms with E-state index >= 15 is 0 Å². The van der Waals surface area contributed by atoms with Crippen molar-refractivity contribution in [1.82, 2.24) is 4.68 Å². The molecule has 0 N–H and O–H groups in total. The van der Waals surface area contributed by atoms with E-state index in [1.54, 1.807) is 29.8 Å². The lowest BCUT2D eigenvalue weighted by Gasteiger charge is -2.05. The summed E-state index contributed by atoms with van der Waals surface area (Å²) in [4.78, 5) is 5.45. The Hall–Kier alpha value is -1.54. The minimum absolute atomic E-state index is 0.594. The number of hydrogen-bond donors (Lipinski definition) is 0. The monoisotopic (exact) mass is 421 g/mol. The number of methoxy groups -OCH3 is 1. The molecule has 0 aliphatic heterocycles. The van der Waals surface area contributed by atoms with Crippen LogP contribution in [0.3, 0.4) is 0 Å². The number of halogens is 1. The number of aromatic nitrogens is 1. The first-order valence-corrected chi connectivity index (χ1v) is 9.92. The lowest BCUT2D eigenvalue weighted by molar-refractivity contribution is 0.207. The van der Waals surface area contributed by atoms with Crippen LogP contribution in [0.5, 0.6) is 0 Å². The minimum Gasteiger partial charge on any atom is -0.383 e. The van der Waals surface area contributed by atoms with E-state index in [9.17, 15) is 0 Å². The zero-order valence-corrected chi connectivity index (χ0v) is 16.3. The standard InChI is InChI=1S/C17H16BrN3OS2/c1-22-8-7-19-17-21(20-10-13-6-9-23-11-13)16(12-24-17)14-4-2-3-5-15(14)18/h2-6,9-12H,7-8H2,1H3/b19-17?,20-10+. The van der Waals surface area contributed by atoms with E-state index in [1.807, 2.05) is 40.5 Å². The number of thiophene rings is 1. The van der Waals surface area contributed by atoms with E-state index in [4.69, 9.17) is 4.74 Å². The van der Waals surface area contributed by atoms with Gasteiger partial charge in [-0.15, -0.1) is 11.3 Å². The molecule has 3 aromatic rings. The van der Waals surface area contributed by atoms with Crippen molar-refractivity contribution < 1.29 is 4.74 Å². The first kappa shape index (κ1) is 17.3. The van der Waals surface area contributed by atoms with E-state index in [2.05, 4.69) is 42.9 Å². The SMILES string of the molecule is COCCN=c1scc(-c2ccccc2Br)n1/N=C/c1ccsc1. The highest BCUT2D eigenvalue weighted by atomic mass is 79.9. The molecule has 24 heavy (non-hydrogen) atoms. The number of hydrogen-bond acceptors (Lipinski definition) is 5. The maximum absolute atomic E-state index is 5.09. The zero-order chi connectivity index (χ0) is 16.8. The first-order chi connectivity index (χ1) is 11.8. The summed E-state index contributed by atoms with van der Waals surface area (Å²) in [6.45, 7) is 1.21. The normalized spacial score (nSPS) is 12.3. The summed E-state index contributed by atoms with van der Waals surface area (Å²) in [6.07, 6.45) is 1.86. The number of ether oxygens (including phenoxy) is 1. The van der Waals surface area contributed by atoms with Crippen LogP contribution in [-0.2, 0) is 4.74 Å². The average molecular weight is 422 g/mol. The third-order valence-electron chi connectivity index (χ3n) is 3.24. The largest absolute Gasteiger partial charge is 0.383 e. The molecule has 0 aliphatic rings. The quantitative estimate of drug-likeness (QED) is 0.427. The predicted molar refractivity (Wildman–Crippen MR) is 105 cm³/mol. The van der Waals surface area contributed by atoms with Crippen LogP contribution < -0.4 is 4.80 Å². The van der Waals surface area contributed by atoms with Crippen molar-refractivity contribution >= 4 is 44.8 Å². The van der Waals surface area contributed by atoms with Gasteiger partial charge < -0.3 is 4.74 Å². The molecular formula is C17H16BrN3OS2. The molecule has 0 radical (unpaired) electrons. The van der Waals surface area contributed by atoms with Gasteiger partial charge in [0.1, 0.15) is 0 Å². The average Bonchev–Trinajstić information content (AvgIpc) is 3.23. The smallest absolute Gasteiger partial charge is 0.206 e. The van der Waals surface area contributed by atoms with Crippen molar-refractivity contribution in [2.24, 2.45) is 10.1 Å². The van der Waals surface area contributed by atoms with Gasteiger partial charge in [-0.1, -0.05) is 34.1 Å². The van der Waals surface area contributed by atoms with Gasteiger partial charge >= 0.3 is 0 Å². The summed E-state index contributed by atoms with van der Waals surface area (Å²) in [5, 5.41) is 10.8. The van der Waals surface area contributed by atoms with Gasteiger partial charge in [0, 0.05) is 28.1 Å². The van der Waals surface area contributed by atoms with Crippen LogP contribution in [0.25, 0.3) is 11.3 Å². The van der Waals surface area contributed by atoms with Crippen LogP contribution >= 0.6 is 38.6 Å². The molecule has 3 rings (SSSR count). The summed E-state index contributed by atoms with van der Waals surface area (Å²) >= 11 is 6.85. The van der Waals surface area contributed by atoms with E-state index in [1.165, 1.54) is 0 Å². The Bertz CT molecular complexity index is 881. The molecule has 0 fully saturated rings. The summed E-state index contributed by atoms with van der Waals surface area (Å²) in [7, 11) is 1.68. The molecule has 0 bridgehead atoms. The minimum atomic E-state index is 0.594. The third kappa shape index (κ3) is 4.10. The highest BCUT2D eigenvalue weighted by Crippen LogP contribution is 2.28. The van der Waals surface area contributed by atoms with E-state index in [0.717, 1.165) is 26.1 Å². The number of thiazole rings is 1. The van der Waals surface area contributed by atoms with Crippen LogP contribution in [0.4, 0.5) is 0 Å². The highest BCUT2D eigenvalue weighted by molar-refractivity contribution is 9.10. The first-order valence-electron chi connectivity index (χ1n) is 7.31. The molecule has 2 aromatic heterocycles. The van der Waals surface area contributed by atoms with E-state index in [0.29, 0.717) is 13.2 Å². The fraction of sp³-hybridized carbons (Fsp3) is 0.176. The molecule has 0 spiro atoms. The second-order valence-electron chi connectivity index (χ2n) is 4.87. The van der Waals surface area contributed by atoms with Crippen molar-refractivity contribution in [2.75, 3.05) is 20.3 Å². The van der Waals surface area contributed by atoms with Crippen molar-refractivity contribution in [3.8, 4) is 11.3 Å². The van der Waals surface area contributed by atoms with Gasteiger partial charge in [-0.2, -0.15) is 16.4 Å². The van der Waals surface area contributed by atoms with Crippen molar-refractivity contribution in [3.63, 3.8) is 0 Å². The zero-order valence-electron chi connectivity index (χ0n) is 13.1. The van der Waals surface area contributed by atoms with Crippen molar-refractivity contribution in [3.05, 3.63) is 61.3 Å². The van der Waals surface area contributed by atoms with Gasteiger partial charge in [0.2, 0.25) is 4.80 Å². The summed E-state index contributed by atoms with van der Waals surface area (Å²) in [6, 6.07) is 10.2.